The molecule has 0 amide bonds. The van der Waals surface area contributed by atoms with Gasteiger partial charge in [-0.15, -0.1) is 0 Å². The summed E-state index contributed by atoms with van der Waals surface area (Å²) >= 11 is 0. The Bertz CT molecular complexity index is 1710. The van der Waals surface area contributed by atoms with Gasteiger partial charge in [-0.1, -0.05) is 12.1 Å². The highest BCUT2D eigenvalue weighted by molar-refractivity contribution is 7.90. The SMILES string of the molecule is Cc1ccc2c(CS(=O)(=O)CC3(F)CC3)c(F)ccc2c1Oc1ncccc1-c1ccnc(N[C@H]2CCCNC2)n1. The monoisotopic (exact) mass is 579 g/mol. The lowest BCUT2D eigenvalue weighted by Crippen LogP contribution is -2.38. The number of aryl methyl sites for hydroxylation is 1. The van der Waals surface area contributed by atoms with E-state index in [1.807, 2.05) is 13.0 Å². The van der Waals surface area contributed by atoms with Gasteiger partial charge in [0.25, 0.3) is 0 Å². The Morgan fingerprint density at radius 2 is 1.93 bits per heavy atom. The third kappa shape index (κ3) is 6.15. The predicted octanol–water partition coefficient (Wildman–Crippen LogP) is 5.51. The Morgan fingerprint density at radius 1 is 1.10 bits per heavy atom. The second kappa shape index (κ2) is 10.9. The van der Waals surface area contributed by atoms with Crippen LogP contribution < -0.4 is 15.4 Å². The molecule has 1 saturated carbocycles. The number of hydrogen-bond donors (Lipinski definition) is 2. The van der Waals surface area contributed by atoms with E-state index in [0.29, 0.717) is 39.6 Å². The standard InChI is InChI=1S/C30H31F2N5O3S/c1-19-6-7-21-22(8-9-25(31)24(21)17-41(38,39)18-30(32)11-12-30)27(19)40-28-23(5-3-14-34-28)26-10-15-35-29(37-26)36-20-4-2-13-33-16-20/h3,5-10,14-15,20,33H,2,4,11-13,16-18H2,1H3,(H,35,36,37)/t20-/m0/s1. The molecule has 0 unspecified atom stereocenters. The highest BCUT2D eigenvalue weighted by atomic mass is 32.2. The van der Waals surface area contributed by atoms with E-state index in [9.17, 15) is 12.8 Å². The van der Waals surface area contributed by atoms with Crippen molar-refractivity contribution >= 4 is 26.6 Å². The molecule has 0 bridgehead atoms. The summed E-state index contributed by atoms with van der Waals surface area (Å²) in [5.41, 5.74) is 0.319. The number of sulfone groups is 1. The summed E-state index contributed by atoms with van der Waals surface area (Å²) < 4.78 is 61.2. The molecule has 1 aliphatic carbocycles. The number of nitrogens with zero attached hydrogens (tertiary/aromatic N) is 3. The lowest BCUT2D eigenvalue weighted by atomic mass is 10.0. The first-order valence-electron chi connectivity index (χ1n) is 13.7. The molecular weight excluding hydrogens is 548 g/mol. The summed E-state index contributed by atoms with van der Waals surface area (Å²) in [7, 11) is -3.88. The van der Waals surface area contributed by atoms with E-state index in [0.717, 1.165) is 31.5 Å². The van der Waals surface area contributed by atoms with Crippen molar-refractivity contribution in [2.75, 3.05) is 24.2 Å². The van der Waals surface area contributed by atoms with Crippen LogP contribution in [-0.2, 0) is 15.6 Å². The average Bonchev–Trinajstić information content (AvgIpc) is 3.68. The Labute approximate surface area is 237 Å². The van der Waals surface area contributed by atoms with Crippen molar-refractivity contribution < 1.29 is 21.9 Å². The lowest BCUT2D eigenvalue weighted by molar-refractivity contribution is 0.340. The summed E-state index contributed by atoms with van der Waals surface area (Å²) in [5.74, 6) is -0.631. The third-order valence-electron chi connectivity index (χ3n) is 7.57. The number of anilines is 1. The van der Waals surface area contributed by atoms with Crippen LogP contribution in [0.25, 0.3) is 22.0 Å². The zero-order valence-electron chi connectivity index (χ0n) is 22.7. The van der Waals surface area contributed by atoms with Crippen LogP contribution in [0.15, 0.2) is 54.9 Å². The number of rotatable bonds is 9. The summed E-state index contributed by atoms with van der Waals surface area (Å²) in [5, 5.41) is 7.68. The van der Waals surface area contributed by atoms with E-state index in [1.165, 1.54) is 6.07 Å². The van der Waals surface area contributed by atoms with Gasteiger partial charge in [0.05, 0.1) is 22.8 Å². The van der Waals surface area contributed by atoms with Crippen molar-refractivity contribution in [3.63, 3.8) is 0 Å². The van der Waals surface area contributed by atoms with Gasteiger partial charge in [0.15, 0.2) is 9.84 Å². The number of benzene rings is 2. The second-order valence-corrected chi connectivity index (χ2v) is 13.0. The third-order valence-corrected chi connectivity index (χ3v) is 9.26. The van der Waals surface area contributed by atoms with Gasteiger partial charge >= 0.3 is 0 Å². The van der Waals surface area contributed by atoms with Crippen LogP contribution in [-0.4, -0.2) is 53.9 Å². The van der Waals surface area contributed by atoms with Gasteiger partial charge in [-0.05, 0) is 80.4 Å². The van der Waals surface area contributed by atoms with Gasteiger partial charge < -0.3 is 15.4 Å². The molecule has 3 heterocycles. The topological polar surface area (TPSA) is 106 Å². The van der Waals surface area contributed by atoms with Crippen molar-refractivity contribution in [3.05, 3.63) is 71.8 Å². The minimum absolute atomic E-state index is 0.00145. The van der Waals surface area contributed by atoms with Gasteiger partial charge in [0.1, 0.15) is 17.2 Å². The molecule has 1 saturated heterocycles. The number of halogens is 2. The van der Waals surface area contributed by atoms with Crippen LogP contribution in [0.3, 0.4) is 0 Å². The number of pyridine rings is 1. The number of nitrogens with one attached hydrogen (secondary N) is 2. The maximum atomic E-state index is 15.0. The molecule has 214 valence electrons. The molecule has 1 atom stereocenters. The van der Waals surface area contributed by atoms with Crippen molar-refractivity contribution in [3.8, 4) is 22.9 Å². The molecule has 2 aliphatic rings. The average molecular weight is 580 g/mol. The molecule has 2 N–H and O–H groups in total. The fourth-order valence-electron chi connectivity index (χ4n) is 5.25. The van der Waals surface area contributed by atoms with Gasteiger partial charge in [0, 0.05) is 35.9 Å². The zero-order chi connectivity index (χ0) is 28.6. The zero-order valence-corrected chi connectivity index (χ0v) is 23.5. The van der Waals surface area contributed by atoms with E-state index < -0.39 is 32.8 Å². The predicted molar refractivity (Wildman–Crippen MR) is 154 cm³/mol. The normalized spacial score (nSPS) is 18.3. The number of piperidine rings is 1. The minimum atomic E-state index is -3.88. The molecule has 0 radical (unpaired) electrons. The van der Waals surface area contributed by atoms with Gasteiger partial charge in [0.2, 0.25) is 11.8 Å². The van der Waals surface area contributed by atoms with Gasteiger partial charge in [-0.3, -0.25) is 0 Å². The van der Waals surface area contributed by atoms with Crippen LogP contribution in [0.2, 0.25) is 0 Å². The fourth-order valence-corrected chi connectivity index (χ4v) is 7.16. The fraction of sp³-hybridized carbons (Fsp3) is 0.367. The molecular formula is C30H31F2N5O3S. The Balaban J connectivity index is 1.34. The summed E-state index contributed by atoms with van der Waals surface area (Å²) in [6.07, 6.45) is 5.83. The number of aromatic nitrogens is 3. The molecule has 2 aromatic heterocycles. The summed E-state index contributed by atoms with van der Waals surface area (Å²) in [6, 6.07) is 11.9. The van der Waals surface area contributed by atoms with Crippen LogP contribution >= 0.6 is 0 Å². The molecule has 1 aliphatic heterocycles. The highest BCUT2D eigenvalue weighted by Gasteiger charge is 2.47. The smallest absolute Gasteiger partial charge is 0.228 e. The summed E-state index contributed by atoms with van der Waals surface area (Å²) in [4.78, 5) is 13.6. The van der Waals surface area contributed by atoms with Crippen LogP contribution in [0.5, 0.6) is 11.6 Å². The number of fused-ring (bicyclic) bond motifs is 1. The van der Waals surface area contributed by atoms with Crippen LogP contribution in [0.4, 0.5) is 14.7 Å². The van der Waals surface area contributed by atoms with E-state index in [4.69, 9.17) is 9.72 Å². The van der Waals surface area contributed by atoms with E-state index >= 15 is 4.39 Å². The van der Waals surface area contributed by atoms with Crippen LogP contribution in [0.1, 0.15) is 36.8 Å². The van der Waals surface area contributed by atoms with Gasteiger partial charge in [-0.2, -0.15) is 0 Å². The van der Waals surface area contributed by atoms with Crippen molar-refractivity contribution in [1.82, 2.24) is 20.3 Å². The first kappa shape index (κ1) is 27.5. The molecule has 41 heavy (non-hydrogen) atoms. The van der Waals surface area contributed by atoms with Crippen molar-refractivity contribution in [1.29, 1.82) is 0 Å². The maximum Gasteiger partial charge on any atom is 0.228 e. The summed E-state index contributed by atoms with van der Waals surface area (Å²) in [6.45, 7) is 3.70. The first-order valence-corrected chi connectivity index (χ1v) is 15.6. The van der Waals surface area contributed by atoms with E-state index in [1.54, 1.807) is 42.7 Å². The molecule has 6 rings (SSSR count). The van der Waals surface area contributed by atoms with E-state index in [2.05, 4.69) is 20.6 Å². The molecule has 8 nitrogen and oxygen atoms in total. The Morgan fingerprint density at radius 3 is 2.71 bits per heavy atom. The van der Waals surface area contributed by atoms with Crippen molar-refractivity contribution in [2.24, 2.45) is 0 Å². The maximum absolute atomic E-state index is 15.0. The number of ether oxygens (including phenoxy) is 1. The first-order chi connectivity index (χ1) is 19.7. The molecule has 2 aromatic carbocycles. The second-order valence-electron chi connectivity index (χ2n) is 10.9. The quantitative estimate of drug-likeness (QED) is 0.267. The Kier molecular flexibility index (Phi) is 7.33. The molecule has 2 fully saturated rings. The van der Waals surface area contributed by atoms with Crippen LogP contribution in [0, 0.1) is 12.7 Å². The van der Waals surface area contributed by atoms with E-state index in [-0.39, 0.29) is 24.4 Å². The largest absolute Gasteiger partial charge is 0.437 e. The highest BCUT2D eigenvalue weighted by Crippen LogP contribution is 2.42. The van der Waals surface area contributed by atoms with Gasteiger partial charge in [-0.25, -0.2) is 32.2 Å². The minimum Gasteiger partial charge on any atom is -0.437 e. The number of hydrogen-bond acceptors (Lipinski definition) is 8. The molecule has 11 heteroatoms. The van der Waals surface area contributed by atoms with Crippen molar-refractivity contribution in [2.45, 2.75) is 50.1 Å². The lowest BCUT2D eigenvalue weighted by Gasteiger charge is -2.23. The number of alkyl halides is 1. The molecule has 0 spiro atoms. The Hall–Kier alpha value is -3.70. The molecule has 4 aromatic rings.